The van der Waals surface area contributed by atoms with Gasteiger partial charge < -0.3 is 10.5 Å². The minimum Gasteiger partial charge on any atom is -0.495 e. The van der Waals surface area contributed by atoms with Gasteiger partial charge in [-0.05, 0) is 32.0 Å². The number of rotatable bonds is 4. The van der Waals surface area contributed by atoms with Gasteiger partial charge >= 0.3 is 0 Å². The van der Waals surface area contributed by atoms with E-state index in [0.29, 0.717) is 17.3 Å². The predicted octanol–water partition coefficient (Wildman–Crippen LogP) is 3.18. The van der Waals surface area contributed by atoms with Gasteiger partial charge in [-0.3, -0.25) is 0 Å². The Morgan fingerprint density at radius 2 is 2.13 bits per heavy atom. The van der Waals surface area contributed by atoms with Gasteiger partial charge in [-0.2, -0.15) is 0 Å². The maximum Gasteiger partial charge on any atom is 0.137 e. The lowest BCUT2D eigenvalue weighted by Gasteiger charge is -2.21. The third kappa shape index (κ3) is 3.59. The van der Waals surface area contributed by atoms with Crippen molar-refractivity contribution in [3.63, 3.8) is 0 Å². The quantitative estimate of drug-likeness (QED) is 0.828. The standard InChI is InChI=1S/C11H16ClNOS/c1-11(2,7-13)15-8-4-5-10(14-3)9(12)6-8/h4-6H,7,13H2,1-3H3. The van der Waals surface area contributed by atoms with Crippen LogP contribution < -0.4 is 10.5 Å². The summed E-state index contributed by atoms with van der Waals surface area (Å²) in [4.78, 5) is 1.11. The number of halogens is 1. The Kier molecular flexibility index (Phi) is 4.32. The first kappa shape index (κ1) is 12.7. The lowest BCUT2D eigenvalue weighted by Crippen LogP contribution is -2.26. The Labute approximate surface area is 100 Å². The molecule has 1 aromatic rings. The van der Waals surface area contributed by atoms with Crippen molar-refractivity contribution < 1.29 is 4.74 Å². The molecule has 0 amide bonds. The topological polar surface area (TPSA) is 35.2 Å². The van der Waals surface area contributed by atoms with Crippen LogP contribution in [0.25, 0.3) is 0 Å². The van der Waals surface area contributed by atoms with E-state index >= 15 is 0 Å². The molecule has 0 heterocycles. The summed E-state index contributed by atoms with van der Waals surface area (Å²) in [7, 11) is 1.61. The number of nitrogens with two attached hydrogens (primary N) is 1. The number of hydrogen-bond donors (Lipinski definition) is 1. The summed E-state index contributed by atoms with van der Waals surface area (Å²) in [6, 6.07) is 5.77. The molecule has 0 bridgehead atoms. The van der Waals surface area contributed by atoms with Crippen LogP contribution in [-0.4, -0.2) is 18.4 Å². The van der Waals surface area contributed by atoms with E-state index in [-0.39, 0.29) is 4.75 Å². The summed E-state index contributed by atoms with van der Waals surface area (Å²) < 4.78 is 5.12. The van der Waals surface area contributed by atoms with Crippen molar-refractivity contribution in [1.82, 2.24) is 0 Å². The zero-order valence-corrected chi connectivity index (χ0v) is 10.8. The molecule has 2 N–H and O–H groups in total. The van der Waals surface area contributed by atoms with Crippen molar-refractivity contribution in [2.75, 3.05) is 13.7 Å². The molecule has 0 aliphatic heterocycles. The fraction of sp³-hybridized carbons (Fsp3) is 0.455. The molecule has 84 valence electrons. The van der Waals surface area contributed by atoms with Crippen molar-refractivity contribution in [3.05, 3.63) is 23.2 Å². The van der Waals surface area contributed by atoms with E-state index in [9.17, 15) is 0 Å². The van der Waals surface area contributed by atoms with Crippen LogP contribution in [0, 0.1) is 0 Å². The number of methoxy groups -OCH3 is 1. The first-order valence-corrected chi connectivity index (χ1v) is 5.90. The maximum absolute atomic E-state index is 6.03. The highest BCUT2D eigenvalue weighted by Gasteiger charge is 2.17. The Morgan fingerprint density at radius 1 is 1.47 bits per heavy atom. The van der Waals surface area contributed by atoms with Gasteiger partial charge in [0.25, 0.3) is 0 Å². The molecule has 0 fully saturated rings. The predicted molar refractivity (Wildman–Crippen MR) is 67.0 cm³/mol. The summed E-state index contributed by atoms with van der Waals surface area (Å²) in [5.41, 5.74) is 5.67. The Morgan fingerprint density at radius 3 is 2.60 bits per heavy atom. The lowest BCUT2D eigenvalue weighted by molar-refractivity contribution is 0.414. The van der Waals surface area contributed by atoms with Crippen LogP contribution in [-0.2, 0) is 0 Å². The van der Waals surface area contributed by atoms with Gasteiger partial charge in [0.15, 0.2) is 0 Å². The molecule has 0 radical (unpaired) electrons. The van der Waals surface area contributed by atoms with Crippen LogP contribution in [0.15, 0.2) is 23.1 Å². The van der Waals surface area contributed by atoms with E-state index in [1.807, 2.05) is 18.2 Å². The lowest BCUT2D eigenvalue weighted by atomic mass is 10.2. The average Bonchev–Trinajstić information content (AvgIpc) is 2.17. The second-order valence-corrected chi connectivity index (χ2v) is 6.05. The molecule has 2 nitrogen and oxygen atoms in total. The van der Waals surface area contributed by atoms with Crippen LogP contribution in [0.5, 0.6) is 5.75 Å². The highest BCUT2D eigenvalue weighted by atomic mass is 35.5. The summed E-state index contributed by atoms with van der Waals surface area (Å²) in [5.74, 6) is 0.701. The second-order valence-electron chi connectivity index (χ2n) is 3.86. The van der Waals surface area contributed by atoms with Gasteiger partial charge in [-0.25, -0.2) is 0 Å². The third-order valence-corrected chi connectivity index (χ3v) is 3.51. The summed E-state index contributed by atoms with van der Waals surface area (Å²) in [6.07, 6.45) is 0. The van der Waals surface area contributed by atoms with Crippen LogP contribution in [0.1, 0.15) is 13.8 Å². The normalized spacial score (nSPS) is 11.5. The fourth-order valence-electron chi connectivity index (χ4n) is 1.07. The van der Waals surface area contributed by atoms with E-state index in [4.69, 9.17) is 22.1 Å². The first-order valence-electron chi connectivity index (χ1n) is 4.71. The van der Waals surface area contributed by atoms with Crippen LogP contribution in [0.3, 0.4) is 0 Å². The molecular weight excluding hydrogens is 230 g/mol. The highest BCUT2D eigenvalue weighted by Crippen LogP contribution is 2.35. The summed E-state index contributed by atoms with van der Waals surface area (Å²) >= 11 is 7.75. The number of benzene rings is 1. The molecular formula is C11H16ClNOS. The SMILES string of the molecule is COc1ccc(SC(C)(C)CN)cc1Cl. The monoisotopic (exact) mass is 245 g/mol. The molecule has 0 aliphatic carbocycles. The van der Waals surface area contributed by atoms with Crippen LogP contribution in [0.4, 0.5) is 0 Å². The summed E-state index contributed by atoms with van der Waals surface area (Å²) in [5, 5.41) is 0.635. The van der Waals surface area contributed by atoms with Gasteiger partial charge in [0.05, 0.1) is 12.1 Å². The maximum atomic E-state index is 6.03. The molecule has 4 heteroatoms. The van der Waals surface area contributed by atoms with E-state index in [1.54, 1.807) is 18.9 Å². The van der Waals surface area contributed by atoms with Gasteiger partial charge in [-0.15, -0.1) is 11.8 Å². The Hall–Kier alpha value is -0.380. The number of thioether (sulfide) groups is 1. The van der Waals surface area contributed by atoms with Gasteiger partial charge in [0.2, 0.25) is 0 Å². The third-order valence-electron chi connectivity index (χ3n) is 2.01. The first-order chi connectivity index (χ1) is 6.98. The smallest absolute Gasteiger partial charge is 0.137 e. The molecule has 0 atom stereocenters. The molecule has 0 aromatic heterocycles. The molecule has 0 saturated carbocycles. The molecule has 0 spiro atoms. The zero-order valence-electron chi connectivity index (χ0n) is 9.21. The van der Waals surface area contributed by atoms with Crippen molar-refractivity contribution in [2.24, 2.45) is 5.73 Å². The van der Waals surface area contributed by atoms with E-state index in [1.165, 1.54) is 0 Å². The van der Waals surface area contributed by atoms with Gasteiger partial charge in [-0.1, -0.05) is 11.6 Å². The van der Waals surface area contributed by atoms with Gasteiger partial charge in [0, 0.05) is 16.2 Å². The van der Waals surface area contributed by atoms with E-state index < -0.39 is 0 Å². The molecule has 1 aromatic carbocycles. The second kappa shape index (κ2) is 5.10. The van der Waals surface area contributed by atoms with Crippen molar-refractivity contribution in [3.8, 4) is 5.75 Å². The van der Waals surface area contributed by atoms with E-state index in [0.717, 1.165) is 4.90 Å². The zero-order chi connectivity index (χ0) is 11.5. The molecule has 0 saturated heterocycles. The average molecular weight is 246 g/mol. The van der Waals surface area contributed by atoms with Crippen molar-refractivity contribution >= 4 is 23.4 Å². The Balaban J connectivity index is 2.84. The van der Waals surface area contributed by atoms with Crippen LogP contribution in [0.2, 0.25) is 5.02 Å². The molecule has 0 aliphatic rings. The van der Waals surface area contributed by atoms with Crippen molar-refractivity contribution in [2.45, 2.75) is 23.5 Å². The molecule has 1 rings (SSSR count). The minimum atomic E-state index is 0.0257. The van der Waals surface area contributed by atoms with Crippen molar-refractivity contribution in [1.29, 1.82) is 0 Å². The highest BCUT2D eigenvalue weighted by molar-refractivity contribution is 8.00. The number of ether oxygens (including phenoxy) is 1. The largest absolute Gasteiger partial charge is 0.495 e. The van der Waals surface area contributed by atoms with Crippen LogP contribution >= 0.6 is 23.4 Å². The van der Waals surface area contributed by atoms with E-state index in [2.05, 4.69) is 13.8 Å². The van der Waals surface area contributed by atoms with Gasteiger partial charge in [0.1, 0.15) is 5.75 Å². The molecule has 15 heavy (non-hydrogen) atoms. The summed E-state index contributed by atoms with van der Waals surface area (Å²) in [6.45, 7) is 4.84. The molecule has 0 unspecified atom stereocenters. The number of hydrogen-bond acceptors (Lipinski definition) is 3. The minimum absolute atomic E-state index is 0.0257. The Bertz CT molecular complexity index is 341. The fourth-order valence-corrected chi connectivity index (χ4v) is 2.43.